The highest BCUT2D eigenvalue weighted by Gasteiger charge is 2.17. The van der Waals surface area contributed by atoms with Crippen molar-refractivity contribution in [3.63, 3.8) is 0 Å². The summed E-state index contributed by atoms with van der Waals surface area (Å²) in [5, 5.41) is 0.695. The summed E-state index contributed by atoms with van der Waals surface area (Å²) in [6, 6.07) is 9.19. The lowest BCUT2D eigenvalue weighted by Crippen LogP contribution is -2.22. The number of ether oxygens (including phenoxy) is 1. The fraction of sp³-hybridized carbons (Fsp3) is 0.611. The standard InChI is InChI=1S/C18H27BrO2/c1-14(2)8-7-9-15(3)12-17(13-19)21-18(20)16-10-5-4-6-11-16/h4-6,10-11,14-15,17H,7-9,12-13H2,1-3H3/t15-,17-/m1/s1. The van der Waals surface area contributed by atoms with E-state index in [0.29, 0.717) is 16.8 Å². The molecule has 0 amide bonds. The third-order valence-corrected chi connectivity index (χ3v) is 4.32. The number of alkyl halides is 1. The van der Waals surface area contributed by atoms with Crippen LogP contribution in [0.15, 0.2) is 30.3 Å². The van der Waals surface area contributed by atoms with Crippen LogP contribution in [-0.2, 0) is 4.74 Å². The Morgan fingerprint density at radius 3 is 2.38 bits per heavy atom. The van der Waals surface area contributed by atoms with Crippen LogP contribution in [0.1, 0.15) is 56.8 Å². The molecule has 21 heavy (non-hydrogen) atoms. The summed E-state index contributed by atoms with van der Waals surface area (Å²) in [6.07, 6.45) is 4.59. The third kappa shape index (κ3) is 7.66. The first-order valence-electron chi connectivity index (χ1n) is 7.85. The molecule has 2 nitrogen and oxygen atoms in total. The van der Waals surface area contributed by atoms with Gasteiger partial charge in [-0.15, -0.1) is 0 Å². The second-order valence-corrected chi connectivity index (χ2v) is 6.86. The number of carbonyl (C=O) groups excluding carboxylic acids is 1. The molecular formula is C18H27BrO2. The Morgan fingerprint density at radius 1 is 1.14 bits per heavy atom. The Kier molecular flexibility index (Phi) is 8.67. The molecule has 0 aromatic heterocycles. The Labute approximate surface area is 137 Å². The number of hydrogen-bond donors (Lipinski definition) is 0. The van der Waals surface area contributed by atoms with Crippen molar-refractivity contribution in [2.24, 2.45) is 11.8 Å². The van der Waals surface area contributed by atoms with E-state index < -0.39 is 0 Å². The van der Waals surface area contributed by atoms with Crippen molar-refractivity contribution >= 4 is 21.9 Å². The summed E-state index contributed by atoms with van der Waals surface area (Å²) in [6.45, 7) is 6.76. The fourth-order valence-corrected chi connectivity index (χ4v) is 2.77. The fourth-order valence-electron chi connectivity index (χ4n) is 2.38. The molecular weight excluding hydrogens is 328 g/mol. The van der Waals surface area contributed by atoms with E-state index in [-0.39, 0.29) is 12.1 Å². The summed E-state index contributed by atoms with van der Waals surface area (Å²) in [7, 11) is 0. The molecule has 118 valence electrons. The highest BCUT2D eigenvalue weighted by Crippen LogP contribution is 2.20. The zero-order chi connectivity index (χ0) is 15.7. The van der Waals surface area contributed by atoms with Gasteiger partial charge in [0.1, 0.15) is 6.10 Å². The molecule has 2 atom stereocenters. The van der Waals surface area contributed by atoms with Gasteiger partial charge in [-0.05, 0) is 30.4 Å². The molecule has 0 aliphatic heterocycles. The van der Waals surface area contributed by atoms with Crippen LogP contribution in [0.5, 0.6) is 0 Å². The van der Waals surface area contributed by atoms with E-state index >= 15 is 0 Å². The van der Waals surface area contributed by atoms with Crippen LogP contribution in [0.2, 0.25) is 0 Å². The second-order valence-electron chi connectivity index (χ2n) is 6.21. The summed E-state index contributed by atoms with van der Waals surface area (Å²) in [4.78, 5) is 12.1. The Morgan fingerprint density at radius 2 is 1.81 bits per heavy atom. The molecule has 3 heteroatoms. The van der Waals surface area contributed by atoms with E-state index in [4.69, 9.17) is 4.74 Å². The number of halogens is 1. The molecule has 0 saturated heterocycles. The predicted molar refractivity (Wildman–Crippen MR) is 91.9 cm³/mol. The van der Waals surface area contributed by atoms with Crippen LogP contribution in [0.3, 0.4) is 0 Å². The van der Waals surface area contributed by atoms with E-state index in [1.807, 2.05) is 18.2 Å². The molecule has 1 aromatic rings. The smallest absolute Gasteiger partial charge is 0.338 e. The first-order chi connectivity index (χ1) is 10.0. The van der Waals surface area contributed by atoms with Crippen LogP contribution in [0.4, 0.5) is 0 Å². The summed E-state index contributed by atoms with van der Waals surface area (Å²) in [5.74, 6) is 1.12. The van der Waals surface area contributed by atoms with Gasteiger partial charge in [-0.1, -0.05) is 74.2 Å². The van der Waals surface area contributed by atoms with Gasteiger partial charge in [0.15, 0.2) is 0 Å². The van der Waals surface area contributed by atoms with E-state index in [1.165, 1.54) is 19.3 Å². The van der Waals surface area contributed by atoms with E-state index in [2.05, 4.69) is 36.7 Å². The maximum atomic E-state index is 12.1. The van der Waals surface area contributed by atoms with Gasteiger partial charge in [0, 0.05) is 5.33 Å². The molecule has 0 radical (unpaired) electrons. The SMILES string of the molecule is CC(C)CCC[C@@H](C)C[C@H](CBr)OC(=O)c1ccccc1. The highest BCUT2D eigenvalue weighted by molar-refractivity contribution is 9.09. The molecule has 0 fully saturated rings. The van der Waals surface area contributed by atoms with Crippen LogP contribution in [-0.4, -0.2) is 17.4 Å². The van der Waals surface area contributed by atoms with Crippen molar-refractivity contribution in [1.82, 2.24) is 0 Å². The van der Waals surface area contributed by atoms with Crippen molar-refractivity contribution in [1.29, 1.82) is 0 Å². The average Bonchev–Trinajstić information content (AvgIpc) is 2.47. The van der Waals surface area contributed by atoms with Crippen LogP contribution in [0, 0.1) is 11.8 Å². The zero-order valence-corrected chi connectivity index (χ0v) is 14.9. The lowest BCUT2D eigenvalue weighted by Gasteiger charge is -2.20. The minimum Gasteiger partial charge on any atom is -0.458 e. The van der Waals surface area contributed by atoms with Gasteiger partial charge in [0.05, 0.1) is 5.56 Å². The van der Waals surface area contributed by atoms with Crippen molar-refractivity contribution in [2.45, 2.75) is 52.6 Å². The first kappa shape index (κ1) is 18.2. The number of rotatable bonds is 9. The van der Waals surface area contributed by atoms with Crippen LogP contribution < -0.4 is 0 Å². The van der Waals surface area contributed by atoms with Gasteiger partial charge in [0.2, 0.25) is 0 Å². The Balaban J connectivity index is 2.39. The topological polar surface area (TPSA) is 26.3 Å². The van der Waals surface area contributed by atoms with Gasteiger partial charge < -0.3 is 4.74 Å². The average molecular weight is 355 g/mol. The molecule has 0 aliphatic rings. The van der Waals surface area contributed by atoms with E-state index in [1.54, 1.807) is 12.1 Å². The lowest BCUT2D eigenvalue weighted by molar-refractivity contribution is 0.0304. The van der Waals surface area contributed by atoms with Gasteiger partial charge in [-0.3, -0.25) is 0 Å². The summed E-state index contributed by atoms with van der Waals surface area (Å²) in [5.41, 5.74) is 0.621. The normalized spacial score (nSPS) is 14.0. The number of carbonyl (C=O) groups is 1. The molecule has 0 spiro atoms. The maximum Gasteiger partial charge on any atom is 0.338 e. The molecule has 0 unspecified atom stereocenters. The molecule has 1 rings (SSSR count). The minimum absolute atomic E-state index is 0.0493. The summed E-state index contributed by atoms with van der Waals surface area (Å²) >= 11 is 3.46. The molecule has 0 aliphatic carbocycles. The number of benzene rings is 1. The largest absolute Gasteiger partial charge is 0.458 e. The molecule has 0 heterocycles. The molecule has 0 bridgehead atoms. The quantitative estimate of drug-likeness (QED) is 0.434. The van der Waals surface area contributed by atoms with Gasteiger partial charge in [0.25, 0.3) is 0 Å². The maximum absolute atomic E-state index is 12.1. The number of hydrogen-bond acceptors (Lipinski definition) is 2. The molecule has 0 N–H and O–H groups in total. The molecule has 0 saturated carbocycles. The van der Waals surface area contributed by atoms with Crippen molar-refractivity contribution in [3.8, 4) is 0 Å². The minimum atomic E-state index is -0.227. The van der Waals surface area contributed by atoms with Crippen molar-refractivity contribution < 1.29 is 9.53 Å². The lowest BCUT2D eigenvalue weighted by atomic mass is 9.95. The van der Waals surface area contributed by atoms with Gasteiger partial charge >= 0.3 is 5.97 Å². The van der Waals surface area contributed by atoms with Gasteiger partial charge in [-0.25, -0.2) is 4.79 Å². The van der Waals surface area contributed by atoms with Crippen LogP contribution >= 0.6 is 15.9 Å². The van der Waals surface area contributed by atoms with Crippen molar-refractivity contribution in [2.75, 3.05) is 5.33 Å². The Hall–Kier alpha value is -0.830. The van der Waals surface area contributed by atoms with Crippen LogP contribution in [0.25, 0.3) is 0 Å². The summed E-state index contributed by atoms with van der Waals surface area (Å²) < 4.78 is 5.60. The Bertz CT molecular complexity index is 403. The monoisotopic (exact) mass is 354 g/mol. The van der Waals surface area contributed by atoms with Crippen molar-refractivity contribution in [3.05, 3.63) is 35.9 Å². The first-order valence-corrected chi connectivity index (χ1v) is 8.97. The second kappa shape index (κ2) is 9.99. The molecule has 1 aromatic carbocycles. The third-order valence-electron chi connectivity index (χ3n) is 3.60. The van der Waals surface area contributed by atoms with E-state index in [0.717, 1.165) is 12.3 Å². The van der Waals surface area contributed by atoms with E-state index in [9.17, 15) is 4.79 Å². The number of esters is 1. The predicted octanol–water partition coefficient (Wildman–Crippen LogP) is 5.46. The highest BCUT2D eigenvalue weighted by atomic mass is 79.9. The van der Waals surface area contributed by atoms with Gasteiger partial charge in [-0.2, -0.15) is 0 Å². The zero-order valence-electron chi connectivity index (χ0n) is 13.3.